The normalized spacial score (nSPS) is 15.1. The van der Waals surface area contributed by atoms with Crippen LogP contribution in [0.3, 0.4) is 0 Å². The molecule has 2 heterocycles. The van der Waals surface area contributed by atoms with E-state index in [9.17, 15) is 9.50 Å². The molecule has 6 heteroatoms. The Morgan fingerprint density at radius 2 is 1.85 bits per heavy atom. The smallest absolute Gasteiger partial charge is 0.123 e. The number of rotatable bonds is 9. The minimum Gasteiger partial charge on any atom is -0.392 e. The van der Waals surface area contributed by atoms with E-state index in [0.717, 1.165) is 55.8 Å². The van der Waals surface area contributed by atoms with Crippen LogP contribution < -0.4 is 0 Å². The summed E-state index contributed by atoms with van der Waals surface area (Å²) in [6.45, 7) is 8.08. The minimum absolute atomic E-state index is 0.199. The number of benzene rings is 2. The van der Waals surface area contributed by atoms with Gasteiger partial charge < -0.3 is 5.11 Å². The lowest BCUT2D eigenvalue weighted by Gasteiger charge is -2.28. The highest BCUT2D eigenvalue weighted by molar-refractivity contribution is 5.40. The Morgan fingerprint density at radius 3 is 2.55 bits per heavy atom. The van der Waals surface area contributed by atoms with Crippen molar-refractivity contribution in [3.05, 3.63) is 82.4 Å². The number of halogens is 1. The minimum atomic E-state index is -0.315. The molecule has 0 amide bonds. The predicted molar refractivity (Wildman–Crippen MR) is 130 cm³/mol. The number of fused-ring (bicyclic) bond motifs is 1. The molecule has 1 aromatic heterocycles. The number of hydrogen-bond donors (Lipinski definition) is 1. The maximum absolute atomic E-state index is 13.3. The first-order valence-corrected chi connectivity index (χ1v) is 11.9. The fourth-order valence-corrected chi connectivity index (χ4v) is 4.66. The van der Waals surface area contributed by atoms with Crippen LogP contribution in [0.15, 0.2) is 48.5 Å². The lowest BCUT2D eigenvalue weighted by molar-refractivity contribution is 0.113. The maximum atomic E-state index is 13.3. The van der Waals surface area contributed by atoms with E-state index in [1.165, 1.54) is 29.0 Å². The van der Waals surface area contributed by atoms with Gasteiger partial charge in [-0.25, -0.2) is 9.07 Å². The van der Waals surface area contributed by atoms with Crippen molar-refractivity contribution in [3.63, 3.8) is 0 Å². The second kappa shape index (κ2) is 10.6. The largest absolute Gasteiger partial charge is 0.392 e. The van der Waals surface area contributed by atoms with Gasteiger partial charge in [-0.2, -0.15) is 5.10 Å². The lowest BCUT2D eigenvalue weighted by atomic mass is 10.0. The molecule has 0 spiro atoms. The first kappa shape index (κ1) is 23.6. The quantitative estimate of drug-likeness (QED) is 0.522. The summed E-state index contributed by atoms with van der Waals surface area (Å²) in [5, 5.41) is 15.3. The molecule has 0 aliphatic carbocycles. The monoisotopic (exact) mass is 450 g/mol. The van der Waals surface area contributed by atoms with Gasteiger partial charge in [-0.3, -0.25) is 9.80 Å². The van der Waals surface area contributed by atoms with Gasteiger partial charge in [-0.05, 0) is 50.2 Å². The molecule has 176 valence electrons. The van der Waals surface area contributed by atoms with E-state index < -0.39 is 0 Å². The molecule has 1 aliphatic heterocycles. The molecular weight excluding hydrogens is 415 g/mol. The number of hydrogen-bond acceptors (Lipinski definition) is 4. The first-order chi connectivity index (χ1) is 15.9. The molecule has 3 aromatic rings. The van der Waals surface area contributed by atoms with Crippen LogP contribution >= 0.6 is 0 Å². The van der Waals surface area contributed by atoms with Crippen molar-refractivity contribution in [3.8, 4) is 5.69 Å². The molecule has 2 aromatic carbocycles. The molecule has 5 nitrogen and oxygen atoms in total. The Labute approximate surface area is 196 Å². The summed E-state index contributed by atoms with van der Waals surface area (Å²) in [7, 11) is 2.05. The van der Waals surface area contributed by atoms with Crippen LogP contribution in [-0.2, 0) is 26.1 Å². The van der Waals surface area contributed by atoms with Crippen LogP contribution in [0.2, 0.25) is 0 Å². The van der Waals surface area contributed by atoms with E-state index in [2.05, 4.69) is 59.6 Å². The van der Waals surface area contributed by atoms with Crippen molar-refractivity contribution in [2.75, 3.05) is 20.1 Å². The van der Waals surface area contributed by atoms with Gasteiger partial charge in [0.2, 0.25) is 0 Å². The molecular formula is C27H35FN4O. The van der Waals surface area contributed by atoms with Crippen molar-refractivity contribution in [2.24, 2.45) is 0 Å². The van der Waals surface area contributed by atoms with Gasteiger partial charge in [-0.1, -0.05) is 43.2 Å². The van der Waals surface area contributed by atoms with Gasteiger partial charge in [0.1, 0.15) is 5.82 Å². The Balaban J connectivity index is 1.59. The van der Waals surface area contributed by atoms with E-state index >= 15 is 0 Å². The van der Waals surface area contributed by atoms with Crippen molar-refractivity contribution in [1.29, 1.82) is 0 Å². The van der Waals surface area contributed by atoms with Crippen molar-refractivity contribution in [1.82, 2.24) is 19.6 Å². The van der Waals surface area contributed by atoms with E-state index in [1.807, 2.05) is 12.1 Å². The summed E-state index contributed by atoms with van der Waals surface area (Å²) < 4.78 is 15.4. The van der Waals surface area contributed by atoms with Crippen LogP contribution in [0.4, 0.5) is 4.39 Å². The zero-order valence-corrected chi connectivity index (χ0v) is 20.0. The average molecular weight is 451 g/mol. The van der Waals surface area contributed by atoms with Crippen molar-refractivity contribution >= 4 is 0 Å². The third kappa shape index (κ3) is 5.88. The topological polar surface area (TPSA) is 44.5 Å². The zero-order valence-electron chi connectivity index (χ0n) is 20.0. The summed E-state index contributed by atoms with van der Waals surface area (Å²) in [5.74, 6) is -0.199. The molecule has 0 radical (unpaired) electrons. The van der Waals surface area contributed by atoms with Gasteiger partial charge in [0.15, 0.2) is 0 Å². The number of aromatic nitrogens is 2. The molecule has 33 heavy (non-hydrogen) atoms. The van der Waals surface area contributed by atoms with Crippen LogP contribution in [0.25, 0.3) is 5.69 Å². The number of aliphatic hydroxyl groups is 1. The Hall–Kier alpha value is -2.54. The summed E-state index contributed by atoms with van der Waals surface area (Å²) >= 11 is 0. The van der Waals surface area contributed by atoms with E-state index in [1.54, 1.807) is 0 Å². The van der Waals surface area contributed by atoms with Gasteiger partial charge in [0.25, 0.3) is 0 Å². The average Bonchev–Trinajstić information content (AvgIpc) is 3.13. The summed E-state index contributed by atoms with van der Waals surface area (Å²) in [6.07, 6.45) is 2.39. The highest BCUT2D eigenvalue weighted by atomic mass is 19.1. The fourth-order valence-electron chi connectivity index (χ4n) is 4.66. The number of likely N-dealkylation sites (N-methyl/N-ethyl adjacent to an activating group) is 1. The van der Waals surface area contributed by atoms with Crippen LogP contribution in [0, 0.1) is 12.7 Å². The second-order valence-corrected chi connectivity index (χ2v) is 9.35. The molecule has 1 atom stereocenters. The van der Waals surface area contributed by atoms with Crippen molar-refractivity contribution in [2.45, 2.75) is 58.8 Å². The first-order valence-electron chi connectivity index (χ1n) is 11.9. The Kier molecular flexibility index (Phi) is 7.58. The SMILES string of the molecule is CCCC(O)CN(C)Cc1nn(-c2ccc(C)cc2)c2c1CN(Cc1ccc(F)cc1)CC2. The molecule has 0 saturated carbocycles. The van der Waals surface area contributed by atoms with Gasteiger partial charge in [0, 0.05) is 44.7 Å². The summed E-state index contributed by atoms with van der Waals surface area (Å²) in [6, 6.07) is 15.3. The third-order valence-corrected chi connectivity index (χ3v) is 6.38. The van der Waals surface area contributed by atoms with Crippen molar-refractivity contribution < 1.29 is 9.50 Å². The molecule has 0 bridgehead atoms. The van der Waals surface area contributed by atoms with E-state index in [-0.39, 0.29) is 11.9 Å². The van der Waals surface area contributed by atoms with E-state index in [0.29, 0.717) is 13.1 Å². The van der Waals surface area contributed by atoms with Crippen LogP contribution in [0.5, 0.6) is 0 Å². The molecule has 0 fully saturated rings. The molecule has 1 aliphatic rings. The predicted octanol–water partition coefficient (Wildman–Crippen LogP) is 4.47. The summed E-state index contributed by atoms with van der Waals surface area (Å²) in [4.78, 5) is 4.58. The standard InChI is InChI=1S/C27H35FN4O/c1-4-5-24(33)17-30(3)19-26-25-18-31(16-21-8-10-22(28)11-9-21)15-14-27(25)32(29-26)23-12-6-20(2)7-13-23/h6-13,24,33H,4-5,14-19H2,1-3H3. The Bertz CT molecular complexity index is 1050. The number of nitrogens with zero attached hydrogens (tertiary/aromatic N) is 4. The fraction of sp³-hybridized carbons (Fsp3) is 0.444. The lowest BCUT2D eigenvalue weighted by Crippen LogP contribution is -2.32. The zero-order chi connectivity index (χ0) is 23.4. The molecule has 0 saturated heterocycles. The maximum Gasteiger partial charge on any atom is 0.123 e. The van der Waals surface area contributed by atoms with Gasteiger partial charge in [-0.15, -0.1) is 0 Å². The van der Waals surface area contributed by atoms with Gasteiger partial charge >= 0.3 is 0 Å². The molecule has 4 rings (SSSR count). The van der Waals surface area contributed by atoms with Crippen LogP contribution in [0.1, 0.15) is 47.8 Å². The number of aliphatic hydroxyl groups excluding tert-OH is 1. The van der Waals surface area contributed by atoms with Gasteiger partial charge in [0.05, 0.1) is 23.2 Å². The highest BCUT2D eigenvalue weighted by Gasteiger charge is 2.26. The molecule has 1 N–H and O–H groups in total. The second-order valence-electron chi connectivity index (χ2n) is 9.35. The number of aryl methyl sites for hydroxylation is 1. The summed E-state index contributed by atoms with van der Waals surface area (Å²) in [5.41, 5.74) is 7.05. The molecule has 1 unspecified atom stereocenters. The van der Waals surface area contributed by atoms with Crippen LogP contribution in [-0.4, -0.2) is 50.9 Å². The highest BCUT2D eigenvalue weighted by Crippen LogP contribution is 2.27. The van der Waals surface area contributed by atoms with E-state index in [4.69, 9.17) is 5.10 Å². The Morgan fingerprint density at radius 1 is 1.12 bits per heavy atom. The third-order valence-electron chi connectivity index (χ3n) is 6.38.